The molecule has 2 aromatic carbocycles. The number of rotatable bonds is 5. The predicted molar refractivity (Wildman–Crippen MR) is 115 cm³/mol. The van der Waals surface area contributed by atoms with Crippen molar-refractivity contribution in [3.63, 3.8) is 0 Å². The van der Waals surface area contributed by atoms with Gasteiger partial charge in [-0.3, -0.25) is 9.69 Å². The van der Waals surface area contributed by atoms with Crippen molar-refractivity contribution in [2.24, 2.45) is 0 Å². The van der Waals surface area contributed by atoms with Crippen LogP contribution in [0.1, 0.15) is 16.1 Å². The third kappa shape index (κ3) is 3.95. The summed E-state index contributed by atoms with van der Waals surface area (Å²) in [6, 6.07) is 17.2. The molecule has 4 aromatic rings. The summed E-state index contributed by atoms with van der Waals surface area (Å²) in [5, 5.41) is 0.657. The molecule has 7 heteroatoms. The van der Waals surface area contributed by atoms with Crippen LogP contribution in [0.4, 0.5) is 5.13 Å². The van der Waals surface area contributed by atoms with Crippen LogP contribution in [-0.4, -0.2) is 17.1 Å². The fourth-order valence-corrected chi connectivity index (χ4v) is 4.61. The normalized spacial score (nSPS) is 11.0. The van der Waals surface area contributed by atoms with Gasteiger partial charge in [-0.15, -0.1) is 11.8 Å². The van der Waals surface area contributed by atoms with Gasteiger partial charge in [0.25, 0.3) is 5.91 Å². The third-order valence-corrected chi connectivity index (χ3v) is 6.29. The average molecular weight is 459 g/mol. The first-order valence-corrected chi connectivity index (χ1v) is 11.0. The standard InChI is InChI=1S/C20H15BrN2O2S2/c1-26-16-7-8-17-18(11-16)27-20(22-17)23(12-15-6-3-9-25-15)19(24)13-4-2-5-14(21)10-13/h2-11H,12H2,1H3. The summed E-state index contributed by atoms with van der Waals surface area (Å²) in [5.41, 5.74) is 1.49. The lowest BCUT2D eigenvalue weighted by molar-refractivity contribution is 0.0983. The zero-order chi connectivity index (χ0) is 18.8. The Balaban J connectivity index is 1.76. The van der Waals surface area contributed by atoms with Crippen molar-refractivity contribution >= 4 is 60.3 Å². The van der Waals surface area contributed by atoms with Crippen molar-refractivity contribution in [2.75, 3.05) is 11.2 Å². The molecule has 4 rings (SSSR count). The van der Waals surface area contributed by atoms with Crippen molar-refractivity contribution in [1.29, 1.82) is 0 Å². The molecule has 0 saturated heterocycles. The Morgan fingerprint density at radius 1 is 1.22 bits per heavy atom. The van der Waals surface area contributed by atoms with Gasteiger partial charge in [0.1, 0.15) is 5.76 Å². The van der Waals surface area contributed by atoms with Crippen LogP contribution in [-0.2, 0) is 6.54 Å². The number of fused-ring (bicyclic) bond motifs is 1. The number of hydrogen-bond acceptors (Lipinski definition) is 5. The molecule has 0 unspecified atom stereocenters. The zero-order valence-corrected chi connectivity index (χ0v) is 17.6. The highest BCUT2D eigenvalue weighted by atomic mass is 79.9. The number of nitrogens with zero attached hydrogens (tertiary/aromatic N) is 2. The van der Waals surface area contributed by atoms with Gasteiger partial charge in [0.2, 0.25) is 0 Å². The lowest BCUT2D eigenvalue weighted by Crippen LogP contribution is -2.30. The van der Waals surface area contributed by atoms with E-state index in [0.717, 1.165) is 14.7 Å². The quantitative estimate of drug-likeness (QED) is 0.333. The largest absolute Gasteiger partial charge is 0.467 e. The molecular weight excluding hydrogens is 444 g/mol. The lowest BCUT2D eigenvalue weighted by Gasteiger charge is -2.19. The van der Waals surface area contributed by atoms with Gasteiger partial charge in [0, 0.05) is 14.9 Å². The van der Waals surface area contributed by atoms with E-state index in [4.69, 9.17) is 9.40 Å². The molecule has 4 nitrogen and oxygen atoms in total. The van der Waals surface area contributed by atoms with Gasteiger partial charge in [-0.05, 0) is 54.8 Å². The van der Waals surface area contributed by atoms with Crippen LogP contribution in [0.25, 0.3) is 10.2 Å². The number of carbonyl (C=O) groups excluding carboxylic acids is 1. The van der Waals surface area contributed by atoms with E-state index in [0.29, 0.717) is 23.0 Å². The van der Waals surface area contributed by atoms with E-state index in [1.54, 1.807) is 29.0 Å². The monoisotopic (exact) mass is 458 g/mol. The summed E-state index contributed by atoms with van der Waals surface area (Å²) >= 11 is 6.64. The topological polar surface area (TPSA) is 46.3 Å². The number of anilines is 1. The molecule has 2 aromatic heterocycles. The summed E-state index contributed by atoms with van der Waals surface area (Å²) in [6.45, 7) is 0.327. The average Bonchev–Trinajstić information content (AvgIpc) is 3.34. The Labute approximate surface area is 173 Å². The van der Waals surface area contributed by atoms with Crippen LogP contribution in [0.2, 0.25) is 0 Å². The molecule has 0 aliphatic rings. The van der Waals surface area contributed by atoms with Gasteiger partial charge in [0.15, 0.2) is 5.13 Å². The minimum atomic E-state index is -0.114. The van der Waals surface area contributed by atoms with Gasteiger partial charge < -0.3 is 4.42 Å². The highest BCUT2D eigenvalue weighted by Gasteiger charge is 2.23. The number of halogens is 1. The number of benzene rings is 2. The lowest BCUT2D eigenvalue weighted by atomic mass is 10.2. The Morgan fingerprint density at radius 3 is 2.85 bits per heavy atom. The van der Waals surface area contributed by atoms with E-state index in [2.05, 4.69) is 22.0 Å². The SMILES string of the molecule is CSc1ccc2nc(N(Cc3ccco3)C(=O)c3cccc(Br)c3)sc2c1. The van der Waals surface area contributed by atoms with Gasteiger partial charge >= 0.3 is 0 Å². The van der Waals surface area contributed by atoms with Crippen LogP contribution >= 0.6 is 39.0 Å². The van der Waals surface area contributed by atoms with Gasteiger partial charge in [-0.2, -0.15) is 0 Å². The Kier molecular flexibility index (Phi) is 5.33. The second-order valence-electron chi connectivity index (χ2n) is 5.81. The maximum atomic E-state index is 13.2. The minimum absolute atomic E-state index is 0.114. The van der Waals surface area contributed by atoms with Crippen molar-refractivity contribution in [3.8, 4) is 0 Å². The van der Waals surface area contributed by atoms with E-state index < -0.39 is 0 Å². The molecule has 0 saturated carbocycles. The molecular formula is C20H15BrN2O2S2. The van der Waals surface area contributed by atoms with E-state index in [-0.39, 0.29) is 5.91 Å². The number of amides is 1. The number of thiazole rings is 1. The molecule has 0 spiro atoms. The van der Waals surface area contributed by atoms with Crippen LogP contribution in [0.3, 0.4) is 0 Å². The first kappa shape index (κ1) is 18.3. The summed E-state index contributed by atoms with van der Waals surface area (Å²) in [4.78, 5) is 20.8. The predicted octanol–water partition coefficient (Wildman–Crippen LogP) is 6.22. The van der Waals surface area contributed by atoms with Crippen molar-refractivity contribution in [2.45, 2.75) is 11.4 Å². The van der Waals surface area contributed by atoms with Crippen LogP contribution in [0.15, 0.2) is 74.6 Å². The molecule has 136 valence electrons. The minimum Gasteiger partial charge on any atom is -0.467 e. The molecule has 0 aliphatic carbocycles. The van der Waals surface area contributed by atoms with Crippen LogP contribution < -0.4 is 4.90 Å². The Hall–Kier alpha value is -2.09. The van der Waals surface area contributed by atoms with Gasteiger partial charge in [0.05, 0.1) is 23.0 Å². The maximum absolute atomic E-state index is 13.2. The van der Waals surface area contributed by atoms with E-state index >= 15 is 0 Å². The molecule has 0 fully saturated rings. The molecule has 2 heterocycles. The van der Waals surface area contributed by atoms with Crippen LogP contribution in [0, 0.1) is 0 Å². The Bertz CT molecular complexity index is 1090. The molecule has 0 atom stereocenters. The highest BCUT2D eigenvalue weighted by molar-refractivity contribution is 9.10. The summed E-state index contributed by atoms with van der Waals surface area (Å²) in [7, 11) is 0. The summed E-state index contributed by atoms with van der Waals surface area (Å²) in [5.74, 6) is 0.597. The smallest absolute Gasteiger partial charge is 0.260 e. The second kappa shape index (κ2) is 7.88. The zero-order valence-electron chi connectivity index (χ0n) is 14.4. The first-order valence-electron chi connectivity index (χ1n) is 8.18. The summed E-state index contributed by atoms with van der Waals surface area (Å²) < 4.78 is 7.40. The van der Waals surface area contributed by atoms with E-state index in [1.807, 2.05) is 48.7 Å². The van der Waals surface area contributed by atoms with Crippen LogP contribution in [0.5, 0.6) is 0 Å². The van der Waals surface area contributed by atoms with Crippen molar-refractivity contribution in [3.05, 3.63) is 76.7 Å². The van der Waals surface area contributed by atoms with Gasteiger partial charge in [-0.1, -0.05) is 33.3 Å². The fraction of sp³-hybridized carbons (Fsp3) is 0.100. The molecule has 0 bridgehead atoms. The fourth-order valence-electron chi connectivity index (χ4n) is 2.70. The number of hydrogen-bond donors (Lipinski definition) is 0. The van der Waals surface area contributed by atoms with E-state index in [1.165, 1.54) is 16.2 Å². The number of thioether (sulfide) groups is 1. The Morgan fingerprint density at radius 2 is 2.11 bits per heavy atom. The first-order chi connectivity index (χ1) is 13.1. The van der Waals surface area contributed by atoms with Crippen molar-refractivity contribution < 1.29 is 9.21 Å². The number of furan rings is 1. The molecule has 0 N–H and O–H groups in total. The molecule has 27 heavy (non-hydrogen) atoms. The molecule has 1 amide bonds. The maximum Gasteiger partial charge on any atom is 0.260 e. The van der Waals surface area contributed by atoms with Crippen molar-refractivity contribution in [1.82, 2.24) is 4.98 Å². The second-order valence-corrected chi connectivity index (χ2v) is 8.62. The third-order valence-electron chi connectivity index (χ3n) is 4.03. The summed E-state index contributed by atoms with van der Waals surface area (Å²) in [6.07, 6.45) is 3.66. The number of aromatic nitrogens is 1. The van der Waals surface area contributed by atoms with Gasteiger partial charge in [-0.25, -0.2) is 4.98 Å². The molecule has 0 aliphatic heterocycles. The number of carbonyl (C=O) groups is 1. The molecule has 0 radical (unpaired) electrons. The highest BCUT2D eigenvalue weighted by Crippen LogP contribution is 2.33. The van der Waals surface area contributed by atoms with E-state index in [9.17, 15) is 4.79 Å².